The zero-order chi connectivity index (χ0) is 18.2. The summed E-state index contributed by atoms with van der Waals surface area (Å²) in [6.45, 7) is 2.83. The van der Waals surface area contributed by atoms with Crippen LogP contribution in [0.4, 0.5) is 5.69 Å². The number of nitrogen functional groups attached to an aromatic ring is 1. The van der Waals surface area contributed by atoms with E-state index in [2.05, 4.69) is 49.3 Å². The van der Waals surface area contributed by atoms with Crippen LogP contribution in [-0.4, -0.2) is 18.7 Å². The third-order valence-corrected chi connectivity index (χ3v) is 4.48. The number of benzene rings is 2. The van der Waals surface area contributed by atoms with Gasteiger partial charge in [-0.25, -0.2) is 5.43 Å². The summed E-state index contributed by atoms with van der Waals surface area (Å²) in [7, 11) is 0. The molecule has 25 heavy (non-hydrogen) atoms. The number of nitrogens with two attached hydrogens (primary N) is 1. The summed E-state index contributed by atoms with van der Waals surface area (Å²) < 4.78 is 7.00. The molecule has 0 unspecified atom stereocenters. The molecule has 2 aromatic carbocycles. The second-order valence-corrected chi connectivity index (χ2v) is 7.09. The fourth-order valence-electron chi connectivity index (χ4n) is 1.98. The average Bonchev–Trinajstić information content (AvgIpc) is 2.59. The highest BCUT2D eigenvalue weighted by Crippen LogP contribution is 2.28. The molecule has 0 atom stereocenters. The number of anilines is 1. The van der Waals surface area contributed by atoms with E-state index in [1.54, 1.807) is 18.3 Å². The van der Waals surface area contributed by atoms with E-state index in [-0.39, 0.29) is 5.91 Å². The van der Waals surface area contributed by atoms with Crippen molar-refractivity contribution in [2.75, 3.05) is 12.3 Å². The summed E-state index contributed by atoms with van der Waals surface area (Å²) in [6, 6.07) is 10.9. The molecule has 0 saturated carbocycles. The number of nitrogens with zero attached hydrogens (tertiary/aromatic N) is 1. The SMILES string of the molecule is CCCCOc1ccc(/C=N/NC(=O)c2cc(Br)cc(Br)c2N)cc1. The third kappa shape index (κ3) is 5.86. The zero-order valence-corrected chi connectivity index (χ0v) is 16.9. The number of unbranched alkanes of at least 4 members (excludes halogenated alkanes) is 1. The molecule has 0 aliphatic rings. The van der Waals surface area contributed by atoms with Crippen molar-refractivity contribution in [3.63, 3.8) is 0 Å². The molecule has 0 aliphatic carbocycles. The molecule has 0 radical (unpaired) electrons. The normalized spacial score (nSPS) is 10.8. The van der Waals surface area contributed by atoms with E-state index in [0.29, 0.717) is 22.3 Å². The highest BCUT2D eigenvalue weighted by atomic mass is 79.9. The Balaban J connectivity index is 1.95. The smallest absolute Gasteiger partial charge is 0.273 e. The van der Waals surface area contributed by atoms with Crippen molar-refractivity contribution in [2.45, 2.75) is 19.8 Å². The van der Waals surface area contributed by atoms with Gasteiger partial charge in [0, 0.05) is 8.95 Å². The molecule has 2 rings (SSSR count). The van der Waals surface area contributed by atoms with Crippen molar-refractivity contribution in [3.8, 4) is 5.75 Å². The molecule has 0 spiro atoms. The van der Waals surface area contributed by atoms with Gasteiger partial charge in [0.15, 0.2) is 0 Å². The van der Waals surface area contributed by atoms with Crippen LogP contribution >= 0.6 is 31.9 Å². The Hall–Kier alpha value is -1.86. The highest BCUT2D eigenvalue weighted by molar-refractivity contribution is 9.11. The van der Waals surface area contributed by atoms with E-state index < -0.39 is 0 Å². The quantitative estimate of drug-likeness (QED) is 0.266. The lowest BCUT2D eigenvalue weighted by Gasteiger charge is -2.07. The van der Waals surface area contributed by atoms with E-state index in [9.17, 15) is 4.79 Å². The summed E-state index contributed by atoms with van der Waals surface area (Å²) in [5, 5.41) is 3.97. The maximum atomic E-state index is 12.2. The van der Waals surface area contributed by atoms with Crippen LogP contribution in [0.1, 0.15) is 35.7 Å². The van der Waals surface area contributed by atoms with Crippen LogP contribution in [0.15, 0.2) is 50.4 Å². The van der Waals surface area contributed by atoms with Gasteiger partial charge in [0.25, 0.3) is 5.91 Å². The minimum atomic E-state index is -0.379. The highest BCUT2D eigenvalue weighted by Gasteiger charge is 2.12. The van der Waals surface area contributed by atoms with Gasteiger partial charge in [0.1, 0.15) is 5.75 Å². The minimum absolute atomic E-state index is 0.345. The summed E-state index contributed by atoms with van der Waals surface area (Å²) in [5.74, 6) is 0.441. The second-order valence-electron chi connectivity index (χ2n) is 5.32. The van der Waals surface area contributed by atoms with Gasteiger partial charge in [-0.3, -0.25) is 4.79 Å². The zero-order valence-electron chi connectivity index (χ0n) is 13.8. The Bertz CT molecular complexity index is 762. The molecular weight excluding hydrogens is 450 g/mol. The van der Waals surface area contributed by atoms with Gasteiger partial charge in [-0.15, -0.1) is 0 Å². The summed E-state index contributed by atoms with van der Waals surface area (Å²) in [4.78, 5) is 12.2. The van der Waals surface area contributed by atoms with Crippen LogP contribution in [-0.2, 0) is 0 Å². The largest absolute Gasteiger partial charge is 0.494 e. The monoisotopic (exact) mass is 467 g/mol. The number of halogens is 2. The molecule has 7 heteroatoms. The van der Waals surface area contributed by atoms with Gasteiger partial charge in [-0.2, -0.15) is 5.10 Å². The number of nitrogens with one attached hydrogen (secondary N) is 1. The number of carbonyl (C=O) groups excluding carboxylic acids is 1. The van der Waals surface area contributed by atoms with Gasteiger partial charge in [-0.05, 0) is 64.3 Å². The van der Waals surface area contributed by atoms with Crippen LogP contribution in [0, 0.1) is 0 Å². The Kier molecular flexibility index (Phi) is 7.46. The van der Waals surface area contributed by atoms with E-state index in [0.717, 1.165) is 28.6 Å². The number of carbonyl (C=O) groups is 1. The van der Waals surface area contributed by atoms with Crippen molar-refractivity contribution < 1.29 is 9.53 Å². The molecule has 5 nitrogen and oxygen atoms in total. The third-order valence-electron chi connectivity index (χ3n) is 3.37. The molecule has 0 aliphatic heterocycles. The molecule has 0 heterocycles. The Morgan fingerprint density at radius 1 is 1.28 bits per heavy atom. The first-order chi connectivity index (χ1) is 12.0. The number of hydrogen-bond acceptors (Lipinski definition) is 4. The lowest BCUT2D eigenvalue weighted by molar-refractivity contribution is 0.0956. The number of rotatable bonds is 7. The number of amides is 1. The first-order valence-corrected chi connectivity index (χ1v) is 9.40. The fraction of sp³-hybridized carbons (Fsp3) is 0.222. The van der Waals surface area contributed by atoms with Crippen LogP contribution in [0.2, 0.25) is 0 Å². The topological polar surface area (TPSA) is 76.7 Å². The van der Waals surface area contributed by atoms with Crippen molar-refractivity contribution in [2.24, 2.45) is 5.10 Å². The van der Waals surface area contributed by atoms with Crippen LogP contribution in [0.3, 0.4) is 0 Å². The predicted octanol–water partition coefficient (Wildman–Crippen LogP) is 4.74. The summed E-state index contributed by atoms with van der Waals surface area (Å²) in [6.07, 6.45) is 3.70. The molecular formula is C18H19Br2N3O2. The van der Waals surface area contributed by atoms with E-state index in [1.165, 1.54) is 0 Å². The summed E-state index contributed by atoms with van der Waals surface area (Å²) >= 11 is 6.65. The molecule has 1 amide bonds. The van der Waals surface area contributed by atoms with Crippen molar-refractivity contribution >= 4 is 49.7 Å². The Labute approximate surface area is 163 Å². The lowest BCUT2D eigenvalue weighted by atomic mass is 10.2. The molecule has 0 saturated heterocycles. The number of hydrazone groups is 1. The predicted molar refractivity (Wildman–Crippen MR) is 108 cm³/mol. The maximum absolute atomic E-state index is 12.2. The fourth-order valence-corrected chi connectivity index (χ4v) is 3.21. The first kappa shape index (κ1) is 19.5. The molecule has 0 aromatic heterocycles. The first-order valence-electron chi connectivity index (χ1n) is 7.82. The van der Waals surface area contributed by atoms with Crippen molar-refractivity contribution in [3.05, 3.63) is 56.5 Å². The standard InChI is InChI=1S/C18H19Br2N3O2/c1-2-3-8-25-14-6-4-12(5-7-14)11-22-23-18(24)15-9-13(19)10-16(20)17(15)21/h4-7,9-11H,2-3,8,21H2,1H3,(H,23,24)/b22-11+. The molecule has 0 bridgehead atoms. The molecule has 132 valence electrons. The molecule has 3 N–H and O–H groups in total. The van der Waals surface area contributed by atoms with Crippen molar-refractivity contribution in [1.82, 2.24) is 5.43 Å². The average molecular weight is 469 g/mol. The maximum Gasteiger partial charge on any atom is 0.273 e. The molecule has 0 fully saturated rings. The Morgan fingerprint density at radius 2 is 2.00 bits per heavy atom. The number of ether oxygens (including phenoxy) is 1. The summed E-state index contributed by atoms with van der Waals surface area (Å²) in [5.41, 5.74) is 9.95. The van der Waals surface area contributed by atoms with Crippen molar-refractivity contribution in [1.29, 1.82) is 0 Å². The van der Waals surface area contributed by atoms with Gasteiger partial charge < -0.3 is 10.5 Å². The van der Waals surface area contributed by atoms with E-state index in [4.69, 9.17) is 10.5 Å². The van der Waals surface area contributed by atoms with Gasteiger partial charge in [0.05, 0.1) is 24.1 Å². The van der Waals surface area contributed by atoms with Crippen LogP contribution in [0.5, 0.6) is 5.75 Å². The minimum Gasteiger partial charge on any atom is -0.494 e. The Morgan fingerprint density at radius 3 is 2.68 bits per heavy atom. The van der Waals surface area contributed by atoms with Gasteiger partial charge in [-0.1, -0.05) is 29.3 Å². The van der Waals surface area contributed by atoms with Crippen LogP contribution in [0.25, 0.3) is 0 Å². The second kappa shape index (κ2) is 9.58. The van der Waals surface area contributed by atoms with Gasteiger partial charge in [0.2, 0.25) is 0 Å². The van der Waals surface area contributed by atoms with Gasteiger partial charge >= 0.3 is 0 Å². The molecule has 2 aromatic rings. The van der Waals surface area contributed by atoms with E-state index >= 15 is 0 Å². The number of hydrogen-bond donors (Lipinski definition) is 2. The van der Waals surface area contributed by atoms with Crippen LogP contribution < -0.4 is 15.9 Å². The van der Waals surface area contributed by atoms with E-state index in [1.807, 2.05) is 24.3 Å². The lowest BCUT2D eigenvalue weighted by Crippen LogP contribution is -2.19.